The van der Waals surface area contributed by atoms with Gasteiger partial charge in [0, 0.05) is 36.2 Å². The maximum absolute atomic E-state index is 11.5. The van der Waals surface area contributed by atoms with E-state index in [1.54, 1.807) is 6.20 Å². The summed E-state index contributed by atoms with van der Waals surface area (Å²) in [4.78, 5) is 6.24. The molecule has 1 aliphatic heterocycles. The van der Waals surface area contributed by atoms with Crippen molar-refractivity contribution in [3.05, 3.63) is 23.5 Å². The van der Waals surface area contributed by atoms with Crippen LogP contribution in [0, 0.1) is 6.92 Å². The average Bonchev–Trinajstić information content (AvgIpc) is 2.68. The molecule has 100 valence electrons. The van der Waals surface area contributed by atoms with Crippen molar-refractivity contribution in [2.75, 3.05) is 23.5 Å². The Morgan fingerprint density at radius 1 is 1.56 bits per heavy atom. The lowest BCUT2D eigenvalue weighted by Crippen LogP contribution is -2.33. The standard InChI is InChI=1S/C12H17ClN2O2S/c1-9-5-12(10(6-13)7-14-9)15(2)11-3-4-18(16,17)8-11/h5,7,11H,3-4,6,8H2,1-2H3. The summed E-state index contributed by atoms with van der Waals surface area (Å²) in [5.41, 5.74) is 2.83. The van der Waals surface area contributed by atoms with Crippen molar-refractivity contribution in [1.29, 1.82) is 0 Å². The zero-order valence-electron chi connectivity index (χ0n) is 10.6. The van der Waals surface area contributed by atoms with Crippen LogP contribution in [-0.4, -0.2) is 38.0 Å². The topological polar surface area (TPSA) is 50.3 Å². The van der Waals surface area contributed by atoms with E-state index < -0.39 is 9.84 Å². The highest BCUT2D eigenvalue weighted by Crippen LogP contribution is 2.27. The maximum atomic E-state index is 11.5. The van der Waals surface area contributed by atoms with E-state index in [1.165, 1.54) is 0 Å². The van der Waals surface area contributed by atoms with Crippen LogP contribution in [0.3, 0.4) is 0 Å². The van der Waals surface area contributed by atoms with Gasteiger partial charge in [-0.05, 0) is 19.4 Å². The molecule has 0 aliphatic carbocycles. The van der Waals surface area contributed by atoms with Gasteiger partial charge in [0.15, 0.2) is 9.84 Å². The summed E-state index contributed by atoms with van der Waals surface area (Å²) in [5.74, 6) is 0.890. The van der Waals surface area contributed by atoms with Crippen molar-refractivity contribution in [2.45, 2.75) is 25.3 Å². The predicted octanol–water partition coefficient (Wildman–Crippen LogP) is 1.75. The van der Waals surface area contributed by atoms with Gasteiger partial charge in [0.25, 0.3) is 0 Å². The van der Waals surface area contributed by atoms with Crippen molar-refractivity contribution in [1.82, 2.24) is 4.98 Å². The SMILES string of the molecule is Cc1cc(N(C)C2CCS(=O)(=O)C2)c(CCl)cn1. The second-order valence-corrected chi connectivity index (χ2v) is 7.25. The average molecular weight is 289 g/mol. The normalized spacial score (nSPS) is 22.1. The fraction of sp³-hybridized carbons (Fsp3) is 0.583. The minimum atomic E-state index is -2.87. The molecular weight excluding hydrogens is 272 g/mol. The molecule has 0 aromatic carbocycles. The molecule has 0 radical (unpaired) electrons. The van der Waals surface area contributed by atoms with E-state index in [4.69, 9.17) is 11.6 Å². The van der Waals surface area contributed by atoms with Crippen LogP contribution < -0.4 is 4.90 Å². The summed E-state index contributed by atoms with van der Waals surface area (Å²) < 4.78 is 23.1. The number of anilines is 1. The van der Waals surface area contributed by atoms with Gasteiger partial charge in [0.05, 0.1) is 17.4 Å². The Morgan fingerprint density at radius 2 is 2.28 bits per heavy atom. The number of pyridine rings is 1. The van der Waals surface area contributed by atoms with Crippen LogP contribution in [0.4, 0.5) is 5.69 Å². The molecule has 0 spiro atoms. The lowest BCUT2D eigenvalue weighted by atomic mass is 10.1. The molecule has 1 fully saturated rings. The molecule has 2 heterocycles. The number of aromatic nitrogens is 1. The number of aryl methyl sites for hydroxylation is 1. The van der Waals surface area contributed by atoms with Gasteiger partial charge >= 0.3 is 0 Å². The number of nitrogens with zero attached hydrogens (tertiary/aromatic N) is 2. The van der Waals surface area contributed by atoms with E-state index in [9.17, 15) is 8.42 Å². The molecule has 0 N–H and O–H groups in total. The smallest absolute Gasteiger partial charge is 0.152 e. The molecule has 18 heavy (non-hydrogen) atoms. The summed E-state index contributed by atoms with van der Waals surface area (Å²) in [7, 11) is -0.942. The minimum Gasteiger partial charge on any atom is -0.370 e. The first-order chi connectivity index (χ1) is 8.43. The van der Waals surface area contributed by atoms with Gasteiger partial charge < -0.3 is 4.90 Å². The highest BCUT2D eigenvalue weighted by atomic mass is 35.5. The van der Waals surface area contributed by atoms with E-state index in [-0.39, 0.29) is 17.5 Å². The Balaban J connectivity index is 2.28. The molecule has 1 aliphatic rings. The second kappa shape index (κ2) is 5.05. The van der Waals surface area contributed by atoms with Gasteiger partial charge in [0.1, 0.15) is 0 Å². The number of halogens is 1. The summed E-state index contributed by atoms with van der Waals surface area (Å²) in [5, 5.41) is 0. The van der Waals surface area contributed by atoms with Crippen molar-refractivity contribution in [2.24, 2.45) is 0 Å². The largest absolute Gasteiger partial charge is 0.370 e. The van der Waals surface area contributed by atoms with E-state index >= 15 is 0 Å². The molecule has 1 aromatic rings. The van der Waals surface area contributed by atoms with Crippen LogP contribution in [0.25, 0.3) is 0 Å². The molecule has 1 unspecified atom stereocenters. The molecule has 0 bridgehead atoms. The molecule has 1 atom stereocenters. The quantitative estimate of drug-likeness (QED) is 0.795. The van der Waals surface area contributed by atoms with E-state index in [0.29, 0.717) is 12.3 Å². The zero-order valence-corrected chi connectivity index (χ0v) is 12.1. The Kier molecular flexibility index (Phi) is 3.82. The Labute approximate surface area is 113 Å². The van der Waals surface area contributed by atoms with Crippen LogP contribution in [0.1, 0.15) is 17.7 Å². The molecular formula is C12H17ClN2O2S. The Bertz CT molecular complexity index is 545. The van der Waals surface area contributed by atoms with Gasteiger partial charge in [0.2, 0.25) is 0 Å². The second-order valence-electron chi connectivity index (χ2n) is 4.76. The Hall–Kier alpha value is -0.810. The third-order valence-electron chi connectivity index (χ3n) is 3.38. The summed E-state index contributed by atoms with van der Waals surface area (Å²) in [6.07, 6.45) is 2.44. The van der Waals surface area contributed by atoms with Gasteiger partial charge in [-0.3, -0.25) is 4.98 Å². The van der Waals surface area contributed by atoms with E-state index in [1.807, 2.05) is 24.9 Å². The first-order valence-electron chi connectivity index (χ1n) is 5.87. The summed E-state index contributed by atoms with van der Waals surface area (Å²) >= 11 is 5.91. The zero-order chi connectivity index (χ0) is 13.3. The minimum absolute atomic E-state index is 0.0405. The van der Waals surface area contributed by atoms with Crippen LogP contribution in [0.2, 0.25) is 0 Å². The number of sulfone groups is 1. The Morgan fingerprint density at radius 3 is 2.83 bits per heavy atom. The lowest BCUT2D eigenvalue weighted by Gasteiger charge is -2.27. The first-order valence-corrected chi connectivity index (χ1v) is 8.23. The fourth-order valence-corrected chi connectivity index (χ4v) is 4.26. The molecule has 6 heteroatoms. The number of rotatable bonds is 3. The number of alkyl halides is 1. The predicted molar refractivity (Wildman–Crippen MR) is 74.0 cm³/mol. The van der Waals surface area contributed by atoms with Gasteiger partial charge in [-0.2, -0.15) is 0 Å². The molecule has 0 amide bonds. The summed E-state index contributed by atoms with van der Waals surface area (Å²) in [6, 6.07) is 2.00. The monoisotopic (exact) mass is 288 g/mol. The molecule has 1 saturated heterocycles. The van der Waals surface area contributed by atoms with Crippen LogP contribution in [-0.2, 0) is 15.7 Å². The van der Waals surface area contributed by atoms with Gasteiger partial charge in [-0.15, -0.1) is 11.6 Å². The third kappa shape index (κ3) is 2.78. The molecule has 2 rings (SSSR count). The van der Waals surface area contributed by atoms with E-state index in [2.05, 4.69) is 4.98 Å². The highest BCUT2D eigenvalue weighted by Gasteiger charge is 2.31. The van der Waals surface area contributed by atoms with Crippen LogP contribution in [0.5, 0.6) is 0 Å². The van der Waals surface area contributed by atoms with Crippen molar-refractivity contribution >= 4 is 27.1 Å². The molecule has 1 aromatic heterocycles. The molecule has 4 nitrogen and oxygen atoms in total. The van der Waals surface area contributed by atoms with E-state index in [0.717, 1.165) is 16.9 Å². The lowest BCUT2D eigenvalue weighted by molar-refractivity contribution is 0.601. The number of hydrogen-bond acceptors (Lipinski definition) is 4. The van der Waals surface area contributed by atoms with Crippen molar-refractivity contribution in [3.8, 4) is 0 Å². The van der Waals surface area contributed by atoms with Crippen molar-refractivity contribution in [3.63, 3.8) is 0 Å². The van der Waals surface area contributed by atoms with Crippen LogP contribution >= 0.6 is 11.6 Å². The molecule has 0 saturated carbocycles. The van der Waals surface area contributed by atoms with Gasteiger partial charge in [-0.1, -0.05) is 0 Å². The van der Waals surface area contributed by atoms with Crippen molar-refractivity contribution < 1.29 is 8.42 Å². The first kappa shape index (κ1) is 13.6. The maximum Gasteiger partial charge on any atom is 0.152 e. The highest BCUT2D eigenvalue weighted by molar-refractivity contribution is 7.91. The third-order valence-corrected chi connectivity index (χ3v) is 5.42. The summed E-state index contributed by atoms with van der Waals surface area (Å²) in [6.45, 7) is 1.92. The fourth-order valence-electron chi connectivity index (χ4n) is 2.28. The van der Waals surface area contributed by atoms with Gasteiger partial charge in [-0.25, -0.2) is 8.42 Å². The number of hydrogen-bond donors (Lipinski definition) is 0. The van der Waals surface area contributed by atoms with Crippen LogP contribution in [0.15, 0.2) is 12.3 Å².